The van der Waals surface area contributed by atoms with E-state index in [1.54, 1.807) is 18.2 Å². The van der Waals surface area contributed by atoms with Gasteiger partial charge in [-0.05, 0) is 48.9 Å². The first-order valence-corrected chi connectivity index (χ1v) is 6.74. The number of halogens is 1. The SMILES string of the molecule is CCNC(c1ccc(C(=O)OC)o1)c1ccc(F)cc1C. The third-order valence-corrected chi connectivity index (χ3v) is 3.25. The summed E-state index contributed by atoms with van der Waals surface area (Å²) in [6, 6.07) is 7.67. The van der Waals surface area contributed by atoms with Crippen molar-refractivity contribution in [2.24, 2.45) is 0 Å². The number of furan rings is 1. The molecule has 1 N–H and O–H groups in total. The van der Waals surface area contributed by atoms with E-state index in [9.17, 15) is 9.18 Å². The Morgan fingerprint density at radius 1 is 1.38 bits per heavy atom. The molecule has 1 aromatic heterocycles. The number of benzene rings is 1. The molecule has 1 aromatic carbocycles. The topological polar surface area (TPSA) is 51.5 Å². The molecule has 0 amide bonds. The van der Waals surface area contributed by atoms with Crippen molar-refractivity contribution in [1.82, 2.24) is 5.32 Å². The first kappa shape index (κ1) is 15.3. The molecule has 0 fully saturated rings. The fourth-order valence-electron chi connectivity index (χ4n) is 2.25. The second-order valence-corrected chi connectivity index (χ2v) is 4.69. The van der Waals surface area contributed by atoms with Gasteiger partial charge in [0.2, 0.25) is 5.76 Å². The highest BCUT2D eigenvalue weighted by atomic mass is 19.1. The van der Waals surface area contributed by atoms with Crippen molar-refractivity contribution < 1.29 is 18.3 Å². The van der Waals surface area contributed by atoms with E-state index in [4.69, 9.17) is 4.42 Å². The third-order valence-electron chi connectivity index (χ3n) is 3.25. The largest absolute Gasteiger partial charge is 0.463 e. The maximum Gasteiger partial charge on any atom is 0.373 e. The minimum absolute atomic E-state index is 0.148. The fraction of sp³-hybridized carbons (Fsp3) is 0.312. The molecule has 1 atom stereocenters. The molecule has 1 unspecified atom stereocenters. The van der Waals surface area contributed by atoms with E-state index in [0.29, 0.717) is 12.3 Å². The normalized spacial score (nSPS) is 12.2. The molecule has 0 spiro atoms. The standard InChI is InChI=1S/C16H18FNO3/c1-4-18-15(12-6-5-11(17)9-10(12)2)13-7-8-14(21-13)16(19)20-3/h5-9,15,18H,4H2,1-3H3. The predicted molar refractivity (Wildman–Crippen MR) is 76.7 cm³/mol. The molecule has 0 saturated carbocycles. The highest BCUT2D eigenvalue weighted by molar-refractivity contribution is 5.86. The van der Waals surface area contributed by atoms with Crippen molar-refractivity contribution in [2.45, 2.75) is 19.9 Å². The second kappa shape index (κ2) is 6.54. The van der Waals surface area contributed by atoms with E-state index in [1.165, 1.54) is 19.2 Å². The molecule has 2 aromatic rings. The lowest BCUT2D eigenvalue weighted by atomic mass is 9.99. The number of ether oxygens (including phenoxy) is 1. The molecule has 4 nitrogen and oxygen atoms in total. The van der Waals surface area contributed by atoms with Crippen LogP contribution in [0.5, 0.6) is 0 Å². The van der Waals surface area contributed by atoms with E-state index >= 15 is 0 Å². The molecule has 0 aliphatic heterocycles. The number of carbonyl (C=O) groups is 1. The van der Waals surface area contributed by atoms with Crippen LogP contribution in [0, 0.1) is 12.7 Å². The highest BCUT2D eigenvalue weighted by Gasteiger charge is 2.21. The van der Waals surface area contributed by atoms with Crippen LogP contribution in [0.3, 0.4) is 0 Å². The number of hydrogen-bond acceptors (Lipinski definition) is 4. The average molecular weight is 291 g/mol. The Kier molecular flexibility index (Phi) is 4.75. The van der Waals surface area contributed by atoms with Crippen molar-refractivity contribution in [3.05, 3.63) is 58.8 Å². The lowest BCUT2D eigenvalue weighted by Crippen LogP contribution is -2.22. The van der Waals surface area contributed by atoms with E-state index < -0.39 is 5.97 Å². The van der Waals surface area contributed by atoms with Crippen LogP contribution in [0.15, 0.2) is 34.7 Å². The molecule has 0 aliphatic carbocycles. The Labute approximate surface area is 122 Å². The Morgan fingerprint density at radius 3 is 2.76 bits per heavy atom. The number of carbonyl (C=O) groups excluding carboxylic acids is 1. The molecule has 0 radical (unpaired) electrons. The van der Waals surface area contributed by atoms with Gasteiger partial charge < -0.3 is 14.5 Å². The van der Waals surface area contributed by atoms with Gasteiger partial charge >= 0.3 is 5.97 Å². The zero-order valence-electron chi connectivity index (χ0n) is 12.3. The van der Waals surface area contributed by atoms with Gasteiger partial charge in [-0.15, -0.1) is 0 Å². The van der Waals surface area contributed by atoms with Gasteiger partial charge in [-0.1, -0.05) is 13.0 Å². The van der Waals surface area contributed by atoms with Gasteiger partial charge in [0, 0.05) is 0 Å². The number of methoxy groups -OCH3 is 1. The summed E-state index contributed by atoms with van der Waals surface area (Å²) in [5, 5.41) is 3.28. The van der Waals surface area contributed by atoms with Crippen molar-refractivity contribution in [3.63, 3.8) is 0 Å². The lowest BCUT2D eigenvalue weighted by molar-refractivity contribution is 0.0562. The van der Waals surface area contributed by atoms with Crippen LogP contribution in [0.2, 0.25) is 0 Å². The van der Waals surface area contributed by atoms with Crippen LogP contribution >= 0.6 is 0 Å². The highest BCUT2D eigenvalue weighted by Crippen LogP contribution is 2.27. The molecular weight excluding hydrogens is 273 g/mol. The van der Waals surface area contributed by atoms with Crippen molar-refractivity contribution in [1.29, 1.82) is 0 Å². The predicted octanol–water partition coefficient (Wildman–Crippen LogP) is 3.21. The number of aryl methyl sites for hydroxylation is 1. The molecule has 2 rings (SSSR count). The third kappa shape index (κ3) is 3.31. The molecule has 0 saturated heterocycles. The van der Waals surface area contributed by atoms with Crippen LogP contribution in [0.4, 0.5) is 4.39 Å². The lowest BCUT2D eigenvalue weighted by Gasteiger charge is -2.18. The monoisotopic (exact) mass is 291 g/mol. The molecule has 112 valence electrons. The van der Waals surface area contributed by atoms with E-state index in [-0.39, 0.29) is 17.6 Å². The minimum Gasteiger partial charge on any atom is -0.463 e. The first-order chi connectivity index (χ1) is 10.1. The quantitative estimate of drug-likeness (QED) is 0.859. The fourth-order valence-corrected chi connectivity index (χ4v) is 2.25. The molecular formula is C16H18FNO3. The number of esters is 1. The summed E-state index contributed by atoms with van der Waals surface area (Å²) in [6.45, 7) is 4.51. The van der Waals surface area contributed by atoms with Crippen LogP contribution < -0.4 is 5.32 Å². The van der Waals surface area contributed by atoms with Gasteiger partial charge in [-0.3, -0.25) is 0 Å². The Bertz CT molecular complexity index is 636. The number of rotatable bonds is 5. The van der Waals surface area contributed by atoms with Gasteiger partial charge in [0.05, 0.1) is 13.2 Å². The number of hydrogen-bond donors (Lipinski definition) is 1. The van der Waals surface area contributed by atoms with Crippen LogP contribution in [-0.4, -0.2) is 19.6 Å². The van der Waals surface area contributed by atoms with Crippen LogP contribution in [-0.2, 0) is 4.74 Å². The van der Waals surface area contributed by atoms with Gasteiger partial charge in [0.15, 0.2) is 0 Å². The van der Waals surface area contributed by atoms with Crippen LogP contribution in [0.1, 0.15) is 40.4 Å². The Balaban J connectivity index is 2.38. The molecule has 0 bridgehead atoms. The number of nitrogens with one attached hydrogen (secondary N) is 1. The summed E-state index contributed by atoms with van der Waals surface area (Å²) in [5.41, 5.74) is 1.72. The summed E-state index contributed by atoms with van der Waals surface area (Å²) < 4.78 is 23.4. The molecule has 5 heteroatoms. The van der Waals surface area contributed by atoms with E-state index in [2.05, 4.69) is 10.1 Å². The minimum atomic E-state index is -0.521. The van der Waals surface area contributed by atoms with Gasteiger partial charge in [-0.2, -0.15) is 0 Å². The molecule has 1 heterocycles. The molecule has 0 aliphatic rings. The Morgan fingerprint density at radius 2 is 2.14 bits per heavy atom. The first-order valence-electron chi connectivity index (χ1n) is 6.74. The maximum atomic E-state index is 13.2. The summed E-state index contributed by atoms with van der Waals surface area (Å²) in [6.07, 6.45) is 0. The van der Waals surface area contributed by atoms with E-state index in [0.717, 1.165) is 11.1 Å². The molecule has 21 heavy (non-hydrogen) atoms. The van der Waals surface area contributed by atoms with Gasteiger partial charge in [0.25, 0.3) is 0 Å². The van der Waals surface area contributed by atoms with Crippen molar-refractivity contribution in [3.8, 4) is 0 Å². The average Bonchev–Trinajstić information content (AvgIpc) is 2.94. The van der Waals surface area contributed by atoms with Gasteiger partial charge in [0.1, 0.15) is 11.6 Å². The summed E-state index contributed by atoms with van der Waals surface area (Å²) in [7, 11) is 1.30. The van der Waals surface area contributed by atoms with Crippen LogP contribution in [0.25, 0.3) is 0 Å². The second-order valence-electron chi connectivity index (χ2n) is 4.69. The summed E-state index contributed by atoms with van der Waals surface area (Å²) >= 11 is 0. The smallest absolute Gasteiger partial charge is 0.373 e. The summed E-state index contributed by atoms with van der Waals surface area (Å²) in [4.78, 5) is 11.5. The van der Waals surface area contributed by atoms with E-state index in [1.807, 2.05) is 13.8 Å². The van der Waals surface area contributed by atoms with Gasteiger partial charge in [-0.25, -0.2) is 9.18 Å². The van der Waals surface area contributed by atoms with Crippen molar-refractivity contribution in [2.75, 3.05) is 13.7 Å². The summed E-state index contributed by atoms with van der Waals surface area (Å²) in [5.74, 6) is -0.0596. The zero-order valence-corrected chi connectivity index (χ0v) is 12.3. The maximum absolute atomic E-state index is 13.2. The van der Waals surface area contributed by atoms with Crippen molar-refractivity contribution >= 4 is 5.97 Å². The Hall–Kier alpha value is -2.14. The zero-order chi connectivity index (χ0) is 15.4.